The fourth-order valence-corrected chi connectivity index (χ4v) is 3.93. The van der Waals surface area contributed by atoms with Crippen LogP contribution in [0.1, 0.15) is 40.0 Å². The van der Waals surface area contributed by atoms with Crippen LogP contribution in [0.4, 0.5) is 0 Å². The van der Waals surface area contributed by atoms with Crippen LogP contribution in [0, 0.1) is 5.41 Å². The van der Waals surface area contributed by atoms with E-state index in [1.54, 1.807) is 7.11 Å². The Balaban J connectivity index is 2.32. The Morgan fingerprint density at radius 3 is 2.53 bits per heavy atom. The highest BCUT2D eigenvalue weighted by molar-refractivity contribution is 7.89. The molecule has 1 saturated carbocycles. The second-order valence-electron chi connectivity index (χ2n) is 5.87. The minimum Gasteiger partial charge on any atom is -0.381 e. The summed E-state index contributed by atoms with van der Waals surface area (Å²) in [5, 5.41) is 3.21. The van der Waals surface area contributed by atoms with Crippen molar-refractivity contribution < 1.29 is 13.2 Å². The molecule has 19 heavy (non-hydrogen) atoms. The van der Waals surface area contributed by atoms with Gasteiger partial charge in [-0.15, -0.1) is 0 Å². The molecule has 0 amide bonds. The van der Waals surface area contributed by atoms with Crippen LogP contribution >= 0.6 is 0 Å². The average molecular weight is 292 g/mol. The third kappa shape index (κ3) is 4.70. The second kappa shape index (κ2) is 7.02. The fraction of sp³-hybridized carbons (Fsp3) is 1.00. The summed E-state index contributed by atoms with van der Waals surface area (Å²) in [6, 6.07) is -0.00829. The molecule has 1 fully saturated rings. The van der Waals surface area contributed by atoms with Crippen LogP contribution in [0.3, 0.4) is 0 Å². The summed E-state index contributed by atoms with van der Waals surface area (Å²) in [7, 11) is -1.50. The van der Waals surface area contributed by atoms with Gasteiger partial charge in [0.15, 0.2) is 0 Å². The maximum Gasteiger partial charge on any atom is 0.211 e. The first-order chi connectivity index (χ1) is 8.83. The molecular weight excluding hydrogens is 264 g/mol. The summed E-state index contributed by atoms with van der Waals surface area (Å²) in [6.07, 6.45) is 2.62. The number of nitrogens with one attached hydrogen (secondary N) is 2. The number of hydrogen-bond acceptors (Lipinski definition) is 4. The van der Waals surface area contributed by atoms with Crippen molar-refractivity contribution in [1.82, 2.24) is 10.0 Å². The van der Waals surface area contributed by atoms with Crippen LogP contribution in [0.25, 0.3) is 0 Å². The Labute approximate surface area is 117 Å². The van der Waals surface area contributed by atoms with Gasteiger partial charge in [0.2, 0.25) is 10.0 Å². The van der Waals surface area contributed by atoms with Crippen LogP contribution < -0.4 is 10.0 Å². The maximum atomic E-state index is 12.0. The molecule has 0 heterocycles. The molecule has 0 aromatic heterocycles. The molecule has 0 aromatic rings. The number of rotatable bonds is 9. The molecule has 0 aliphatic heterocycles. The Morgan fingerprint density at radius 1 is 1.32 bits per heavy atom. The largest absolute Gasteiger partial charge is 0.381 e. The van der Waals surface area contributed by atoms with Gasteiger partial charge in [-0.3, -0.25) is 0 Å². The molecule has 0 bridgehead atoms. The molecule has 114 valence electrons. The predicted octanol–water partition coefficient (Wildman–Crippen LogP) is 1.11. The molecular formula is C13H28N2O3S. The predicted molar refractivity (Wildman–Crippen MR) is 77.7 cm³/mol. The standard InChI is InChI=1S/C13H28N2O3S/c1-5-7-14-8-6-9-19(16,17)15-11-10-12(18-4)13(11,2)3/h11-12,14-15H,5-10H2,1-4H3. The average Bonchev–Trinajstić information content (AvgIpc) is 2.33. The molecule has 0 saturated heterocycles. The van der Waals surface area contributed by atoms with E-state index in [1.165, 1.54) is 0 Å². The Kier molecular flexibility index (Phi) is 6.23. The lowest BCUT2D eigenvalue weighted by molar-refractivity contribution is -0.0908. The quantitative estimate of drug-likeness (QED) is 0.625. The fourth-order valence-electron chi connectivity index (χ4n) is 2.45. The van der Waals surface area contributed by atoms with Gasteiger partial charge in [0.1, 0.15) is 0 Å². The lowest BCUT2D eigenvalue weighted by Crippen LogP contribution is -2.61. The smallest absolute Gasteiger partial charge is 0.211 e. The molecule has 1 aliphatic carbocycles. The van der Waals surface area contributed by atoms with Gasteiger partial charge < -0.3 is 10.1 Å². The summed E-state index contributed by atoms with van der Waals surface area (Å²) in [6.45, 7) is 7.87. The van der Waals surface area contributed by atoms with E-state index < -0.39 is 10.0 Å². The molecule has 1 rings (SSSR count). The highest BCUT2D eigenvalue weighted by atomic mass is 32.2. The van der Waals surface area contributed by atoms with Gasteiger partial charge in [-0.2, -0.15) is 0 Å². The van der Waals surface area contributed by atoms with Crippen LogP contribution in [0.2, 0.25) is 0 Å². The maximum absolute atomic E-state index is 12.0. The van der Waals surface area contributed by atoms with Crippen molar-refractivity contribution in [3.63, 3.8) is 0 Å². The van der Waals surface area contributed by atoms with Crippen molar-refractivity contribution in [2.45, 2.75) is 52.2 Å². The van der Waals surface area contributed by atoms with Gasteiger partial charge in [-0.05, 0) is 32.4 Å². The minimum absolute atomic E-state index is 0.00829. The van der Waals surface area contributed by atoms with Gasteiger partial charge in [-0.1, -0.05) is 20.8 Å². The summed E-state index contributed by atoms with van der Waals surface area (Å²) in [5.74, 6) is 0.188. The van der Waals surface area contributed by atoms with Crippen LogP contribution in [-0.4, -0.2) is 46.5 Å². The Morgan fingerprint density at radius 2 is 2.00 bits per heavy atom. The third-order valence-corrected chi connectivity index (χ3v) is 5.45. The zero-order chi connectivity index (χ0) is 14.5. The summed E-state index contributed by atoms with van der Waals surface area (Å²) < 4.78 is 32.1. The van der Waals surface area contributed by atoms with E-state index in [9.17, 15) is 8.42 Å². The summed E-state index contributed by atoms with van der Waals surface area (Å²) in [5.41, 5.74) is -0.123. The zero-order valence-electron chi connectivity index (χ0n) is 12.5. The van der Waals surface area contributed by atoms with Gasteiger partial charge >= 0.3 is 0 Å². The summed E-state index contributed by atoms with van der Waals surface area (Å²) >= 11 is 0. The topological polar surface area (TPSA) is 67.4 Å². The van der Waals surface area contributed by atoms with E-state index in [2.05, 4.69) is 17.0 Å². The minimum atomic E-state index is -3.18. The number of ether oxygens (including phenoxy) is 1. The van der Waals surface area contributed by atoms with Crippen molar-refractivity contribution in [3.8, 4) is 0 Å². The summed E-state index contributed by atoms with van der Waals surface area (Å²) in [4.78, 5) is 0. The van der Waals surface area contributed by atoms with E-state index in [-0.39, 0.29) is 23.3 Å². The number of hydrogen-bond donors (Lipinski definition) is 2. The zero-order valence-corrected chi connectivity index (χ0v) is 13.3. The van der Waals surface area contributed by atoms with E-state index in [0.717, 1.165) is 25.9 Å². The first-order valence-corrected chi connectivity index (χ1v) is 8.72. The second-order valence-corrected chi connectivity index (χ2v) is 7.75. The normalized spacial score (nSPS) is 26.1. The lowest BCUT2D eigenvalue weighted by Gasteiger charge is -2.51. The third-order valence-electron chi connectivity index (χ3n) is 3.98. The SMILES string of the molecule is CCCNCCCS(=O)(=O)NC1CC(OC)C1(C)C. The van der Waals surface area contributed by atoms with Gasteiger partial charge in [0.05, 0.1) is 11.9 Å². The molecule has 2 N–H and O–H groups in total. The van der Waals surface area contributed by atoms with Crippen molar-refractivity contribution in [3.05, 3.63) is 0 Å². The molecule has 2 atom stereocenters. The number of sulfonamides is 1. The van der Waals surface area contributed by atoms with Crippen LogP contribution in [0.5, 0.6) is 0 Å². The highest BCUT2D eigenvalue weighted by Gasteiger charge is 2.49. The highest BCUT2D eigenvalue weighted by Crippen LogP contribution is 2.42. The van der Waals surface area contributed by atoms with E-state index >= 15 is 0 Å². The molecule has 2 unspecified atom stereocenters. The van der Waals surface area contributed by atoms with Crippen molar-refractivity contribution in [2.75, 3.05) is 26.0 Å². The van der Waals surface area contributed by atoms with Crippen molar-refractivity contribution in [1.29, 1.82) is 0 Å². The molecule has 0 radical (unpaired) electrons. The van der Waals surface area contributed by atoms with Crippen molar-refractivity contribution >= 4 is 10.0 Å². The molecule has 1 aliphatic rings. The monoisotopic (exact) mass is 292 g/mol. The Bertz CT molecular complexity index is 368. The lowest BCUT2D eigenvalue weighted by atomic mass is 9.65. The van der Waals surface area contributed by atoms with E-state index in [1.807, 2.05) is 13.8 Å². The van der Waals surface area contributed by atoms with E-state index in [0.29, 0.717) is 6.42 Å². The molecule has 6 heteroatoms. The Hall–Kier alpha value is -0.170. The first-order valence-electron chi connectivity index (χ1n) is 7.07. The molecule has 0 spiro atoms. The van der Waals surface area contributed by atoms with Gasteiger partial charge in [0, 0.05) is 18.6 Å². The van der Waals surface area contributed by atoms with Gasteiger partial charge in [-0.25, -0.2) is 13.1 Å². The van der Waals surface area contributed by atoms with Crippen LogP contribution in [-0.2, 0) is 14.8 Å². The van der Waals surface area contributed by atoms with E-state index in [4.69, 9.17) is 4.74 Å². The van der Waals surface area contributed by atoms with Crippen LogP contribution in [0.15, 0.2) is 0 Å². The molecule has 5 nitrogen and oxygen atoms in total. The van der Waals surface area contributed by atoms with Crippen molar-refractivity contribution in [2.24, 2.45) is 5.41 Å². The molecule has 0 aromatic carbocycles. The number of methoxy groups -OCH3 is 1. The van der Waals surface area contributed by atoms with Gasteiger partial charge in [0.25, 0.3) is 0 Å². The first kappa shape index (κ1) is 16.9.